The Bertz CT molecular complexity index is 585. The number of aliphatic hydroxyl groups is 1. The standard InChI is InChI=1S/C22H34N2O2/c1-22(2,26)13-12-18-8-10-19(11-9-18)21(25)24-16-4-3-7-20(24)17-23-14-5-6-15-23/h8-11,20,26H,3-7,12-17H2,1-2H3/t20-/m1/s1. The van der Waals surface area contributed by atoms with E-state index in [1.165, 1.54) is 37.9 Å². The number of aryl methyl sites for hydroxylation is 1. The average molecular weight is 359 g/mol. The molecule has 2 saturated heterocycles. The number of hydrogen-bond donors (Lipinski definition) is 1. The molecule has 4 nitrogen and oxygen atoms in total. The van der Waals surface area contributed by atoms with Gasteiger partial charge in [0.05, 0.1) is 5.60 Å². The van der Waals surface area contributed by atoms with E-state index in [4.69, 9.17) is 0 Å². The minimum Gasteiger partial charge on any atom is -0.390 e. The maximum absolute atomic E-state index is 13.1. The topological polar surface area (TPSA) is 43.8 Å². The van der Waals surface area contributed by atoms with Crippen molar-refractivity contribution in [1.82, 2.24) is 9.80 Å². The summed E-state index contributed by atoms with van der Waals surface area (Å²) >= 11 is 0. The third-order valence-electron chi connectivity index (χ3n) is 5.78. The Morgan fingerprint density at radius 3 is 2.38 bits per heavy atom. The smallest absolute Gasteiger partial charge is 0.254 e. The van der Waals surface area contributed by atoms with E-state index in [0.29, 0.717) is 6.04 Å². The van der Waals surface area contributed by atoms with Crippen LogP contribution in [0, 0.1) is 0 Å². The van der Waals surface area contributed by atoms with Crippen molar-refractivity contribution in [3.63, 3.8) is 0 Å². The van der Waals surface area contributed by atoms with Crippen LogP contribution in [0.1, 0.15) is 68.3 Å². The molecule has 0 saturated carbocycles. The van der Waals surface area contributed by atoms with E-state index < -0.39 is 5.60 Å². The average Bonchev–Trinajstić information content (AvgIpc) is 3.13. The van der Waals surface area contributed by atoms with Gasteiger partial charge in [-0.2, -0.15) is 0 Å². The number of nitrogens with zero attached hydrogens (tertiary/aromatic N) is 2. The predicted octanol–water partition coefficient (Wildman–Crippen LogP) is 3.48. The summed E-state index contributed by atoms with van der Waals surface area (Å²) < 4.78 is 0. The summed E-state index contributed by atoms with van der Waals surface area (Å²) in [7, 11) is 0. The summed E-state index contributed by atoms with van der Waals surface area (Å²) in [5.41, 5.74) is 1.33. The molecule has 26 heavy (non-hydrogen) atoms. The van der Waals surface area contributed by atoms with Crippen LogP contribution in [-0.4, -0.2) is 58.6 Å². The number of carbonyl (C=O) groups excluding carboxylic acids is 1. The van der Waals surface area contributed by atoms with Crippen molar-refractivity contribution in [2.24, 2.45) is 0 Å². The highest BCUT2D eigenvalue weighted by molar-refractivity contribution is 5.94. The van der Waals surface area contributed by atoms with E-state index in [0.717, 1.165) is 44.3 Å². The van der Waals surface area contributed by atoms with E-state index >= 15 is 0 Å². The van der Waals surface area contributed by atoms with Crippen molar-refractivity contribution in [2.45, 2.75) is 70.4 Å². The summed E-state index contributed by atoms with van der Waals surface area (Å²) in [6.45, 7) is 7.97. The van der Waals surface area contributed by atoms with Gasteiger partial charge in [-0.1, -0.05) is 12.1 Å². The van der Waals surface area contributed by atoms with Crippen molar-refractivity contribution < 1.29 is 9.90 Å². The first-order valence-corrected chi connectivity index (χ1v) is 10.3. The van der Waals surface area contributed by atoms with E-state index in [2.05, 4.69) is 9.80 Å². The van der Waals surface area contributed by atoms with E-state index in [-0.39, 0.29) is 5.91 Å². The zero-order chi connectivity index (χ0) is 18.6. The summed E-state index contributed by atoms with van der Waals surface area (Å²) in [6, 6.07) is 8.37. The molecule has 2 aliphatic rings. The van der Waals surface area contributed by atoms with Gasteiger partial charge in [-0.05, 0) is 89.6 Å². The van der Waals surface area contributed by atoms with Gasteiger partial charge in [-0.3, -0.25) is 4.79 Å². The third-order valence-corrected chi connectivity index (χ3v) is 5.78. The minimum atomic E-state index is -0.648. The van der Waals surface area contributed by atoms with Gasteiger partial charge < -0.3 is 14.9 Å². The Kier molecular flexibility index (Phi) is 6.36. The van der Waals surface area contributed by atoms with Crippen LogP contribution in [-0.2, 0) is 6.42 Å². The second kappa shape index (κ2) is 8.53. The molecule has 144 valence electrons. The number of hydrogen-bond acceptors (Lipinski definition) is 3. The highest BCUT2D eigenvalue weighted by Crippen LogP contribution is 2.23. The van der Waals surface area contributed by atoms with Crippen LogP contribution in [0.25, 0.3) is 0 Å². The van der Waals surface area contributed by atoms with Gasteiger partial charge in [0.1, 0.15) is 0 Å². The van der Waals surface area contributed by atoms with Gasteiger partial charge >= 0.3 is 0 Å². The third kappa shape index (κ3) is 5.31. The molecule has 0 unspecified atom stereocenters. The molecule has 2 fully saturated rings. The number of piperidine rings is 1. The first kappa shape index (κ1) is 19.4. The van der Waals surface area contributed by atoms with Gasteiger partial charge in [0.15, 0.2) is 0 Å². The number of carbonyl (C=O) groups is 1. The predicted molar refractivity (Wildman–Crippen MR) is 105 cm³/mol. The summed E-state index contributed by atoms with van der Waals surface area (Å²) in [4.78, 5) is 17.7. The quantitative estimate of drug-likeness (QED) is 0.847. The number of rotatable bonds is 6. The Labute approximate surface area is 158 Å². The molecule has 1 N–H and O–H groups in total. The molecule has 0 aromatic heterocycles. The van der Waals surface area contributed by atoms with Crippen LogP contribution in [0.15, 0.2) is 24.3 Å². The van der Waals surface area contributed by atoms with E-state index in [1.807, 2.05) is 38.1 Å². The van der Waals surface area contributed by atoms with Gasteiger partial charge in [0.25, 0.3) is 5.91 Å². The molecule has 1 aromatic rings. The normalized spacial score (nSPS) is 22.0. The van der Waals surface area contributed by atoms with Crippen molar-refractivity contribution in [1.29, 1.82) is 0 Å². The Morgan fingerprint density at radius 2 is 1.73 bits per heavy atom. The van der Waals surface area contributed by atoms with Crippen LogP contribution in [0.5, 0.6) is 0 Å². The highest BCUT2D eigenvalue weighted by Gasteiger charge is 2.29. The fourth-order valence-electron chi connectivity index (χ4n) is 4.15. The molecule has 3 rings (SSSR count). The molecule has 0 radical (unpaired) electrons. The summed E-state index contributed by atoms with van der Waals surface area (Å²) in [5, 5.41) is 9.87. The van der Waals surface area contributed by atoms with Gasteiger partial charge in [0, 0.05) is 24.7 Å². The Balaban J connectivity index is 1.62. The van der Waals surface area contributed by atoms with Crippen molar-refractivity contribution >= 4 is 5.91 Å². The molecule has 2 aliphatic heterocycles. The van der Waals surface area contributed by atoms with Crippen molar-refractivity contribution in [2.75, 3.05) is 26.2 Å². The first-order chi connectivity index (χ1) is 12.4. The number of likely N-dealkylation sites (tertiary alicyclic amines) is 2. The zero-order valence-electron chi connectivity index (χ0n) is 16.4. The zero-order valence-corrected chi connectivity index (χ0v) is 16.4. The lowest BCUT2D eigenvalue weighted by Crippen LogP contribution is -2.49. The molecule has 4 heteroatoms. The van der Waals surface area contributed by atoms with Crippen LogP contribution < -0.4 is 0 Å². The van der Waals surface area contributed by atoms with Crippen LogP contribution in [0.2, 0.25) is 0 Å². The van der Waals surface area contributed by atoms with Crippen LogP contribution in [0.4, 0.5) is 0 Å². The number of amides is 1. The van der Waals surface area contributed by atoms with Crippen LogP contribution in [0.3, 0.4) is 0 Å². The first-order valence-electron chi connectivity index (χ1n) is 10.3. The summed E-state index contributed by atoms with van der Waals surface area (Å²) in [6.07, 6.45) is 7.64. The Morgan fingerprint density at radius 1 is 1.08 bits per heavy atom. The molecular weight excluding hydrogens is 324 g/mol. The largest absolute Gasteiger partial charge is 0.390 e. The van der Waals surface area contributed by atoms with Crippen LogP contribution >= 0.6 is 0 Å². The maximum Gasteiger partial charge on any atom is 0.254 e. The van der Waals surface area contributed by atoms with Crippen molar-refractivity contribution in [3.05, 3.63) is 35.4 Å². The number of benzene rings is 1. The van der Waals surface area contributed by atoms with E-state index in [1.54, 1.807) is 0 Å². The SMILES string of the molecule is CC(C)(O)CCc1ccc(C(=O)N2CCCC[C@@H]2CN2CCCC2)cc1. The second-order valence-electron chi connectivity index (χ2n) is 8.67. The molecule has 2 heterocycles. The fourth-order valence-corrected chi connectivity index (χ4v) is 4.15. The highest BCUT2D eigenvalue weighted by atomic mass is 16.3. The van der Waals surface area contributed by atoms with Gasteiger partial charge in [-0.15, -0.1) is 0 Å². The lowest BCUT2D eigenvalue weighted by Gasteiger charge is -2.38. The Hall–Kier alpha value is -1.39. The molecule has 1 amide bonds. The minimum absolute atomic E-state index is 0.183. The molecule has 1 aromatic carbocycles. The van der Waals surface area contributed by atoms with Gasteiger partial charge in [-0.25, -0.2) is 0 Å². The molecule has 0 aliphatic carbocycles. The maximum atomic E-state index is 13.1. The van der Waals surface area contributed by atoms with E-state index in [9.17, 15) is 9.90 Å². The molecule has 0 bridgehead atoms. The molecular formula is C22H34N2O2. The monoisotopic (exact) mass is 358 g/mol. The lowest BCUT2D eigenvalue weighted by atomic mass is 9.97. The second-order valence-corrected chi connectivity index (χ2v) is 8.67. The fraction of sp³-hybridized carbons (Fsp3) is 0.682. The molecule has 0 spiro atoms. The lowest BCUT2D eigenvalue weighted by molar-refractivity contribution is 0.0560. The van der Waals surface area contributed by atoms with Crippen molar-refractivity contribution in [3.8, 4) is 0 Å². The van der Waals surface area contributed by atoms with Gasteiger partial charge in [0.2, 0.25) is 0 Å². The summed E-state index contributed by atoms with van der Waals surface area (Å²) in [5.74, 6) is 0.183. The molecule has 1 atom stereocenters.